The second kappa shape index (κ2) is 5.12. The summed E-state index contributed by atoms with van der Waals surface area (Å²) in [6, 6.07) is 7.10. The Bertz CT molecular complexity index is 463. The highest BCUT2D eigenvalue weighted by atomic mass is 32.2. The molecule has 0 atom stereocenters. The fraction of sp³-hybridized carbons (Fsp3) is 0.364. The van der Waals surface area contributed by atoms with Gasteiger partial charge in [0.1, 0.15) is 9.84 Å². The van der Waals surface area contributed by atoms with Crippen molar-refractivity contribution >= 4 is 15.7 Å². The summed E-state index contributed by atoms with van der Waals surface area (Å²) >= 11 is 0. The van der Waals surface area contributed by atoms with E-state index in [-0.39, 0.29) is 18.2 Å². The van der Waals surface area contributed by atoms with Crippen LogP contribution in [0.5, 0.6) is 0 Å². The monoisotopic (exact) mass is 241 g/mol. The summed E-state index contributed by atoms with van der Waals surface area (Å²) < 4.78 is 21.7. The number of hydrogen-bond acceptors (Lipinski definition) is 3. The molecule has 0 saturated carbocycles. The lowest BCUT2D eigenvalue weighted by Crippen LogP contribution is -2.28. The van der Waals surface area contributed by atoms with Crippen molar-refractivity contribution in [1.82, 2.24) is 5.32 Å². The Labute approximate surface area is 95.6 Å². The molecule has 1 aromatic rings. The lowest BCUT2D eigenvalue weighted by Gasteiger charge is -2.04. The summed E-state index contributed by atoms with van der Waals surface area (Å²) in [6.07, 6.45) is 1.14. The van der Waals surface area contributed by atoms with Crippen LogP contribution in [0.4, 0.5) is 0 Å². The SMILES string of the molecule is Cc1ccc(C(=O)NCCS(C)(=O)=O)cc1. The van der Waals surface area contributed by atoms with Crippen LogP contribution in [0.3, 0.4) is 0 Å². The molecule has 0 heterocycles. The summed E-state index contributed by atoms with van der Waals surface area (Å²) in [5.74, 6) is -0.284. The molecule has 0 radical (unpaired) electrons. The molecule has 1 N–H and O–H groups in total. The standard InChI is InChI=1S/C11H15NO3S/c1-9-3-5-10(6-4-9)11(13)12-7-8-16(2,14)15/h3-6H,7-8H2,1-2H3,(H,12,13). The minimum Gasteiger partial charge on any atom is -0.351 e. The molecule has 0 unspecified atom stereocenters. The molecule has 5 heteroatoms. The first-order chi connectivity index (χ1) is 7.38. The maximum Gasteiger partial charge on any atom is 0.251 e. The molecule has 4 nitrogen and oxygen atoms in total. The van der Waals surface area contributed by atoms with Gasteiger partial charge in [0.2, 0.25) is 0 Å². The van der Waals surface area contributed by atoms with E-state index in [1.807, 2.05) is 19.1 Å². The zero-order valence-electron chi connectivity index (χ0n) is 9.36. The maximum atomic E-state index is 11.5. The number of carbonyl (C=O) groups is 1. The molecule has 1 aromatic carbocycles. The van der Waals surface area contributed by atoms with Crippen molar-refractivity contribution in [3.05, 3.63) is 35.4 Å². The van der Waals surface area contributed by atoms with Crippen LogP contribution in [0.2, 0.25) is 0 Å². The van der Waals surface area contributed by atoms with Gasteiger partial charge in [-0.3, -0.25) is 4.79 Å². The zero-order chi connectivity index (χ0) is 12.2. The highest BCUT2D eigenvalue weighted by molar-refractivity contribution is 7.90. The maximum absolute atomic E-state index is 11.5. The molecule has 0 aliphatic heterocycles. The van der Waals surface area contributed by atoms with E-state index in [0.717, 1.165) is 11.8 Å². The van der Waals surface area contributed by atoms with E-state index in [2.05, 4.69) is 5.32 Å². The van der Waals surface area contributed by atoms with E-state index in [4.69, 9.17) is 0 Å². The van der Waals surface area contributed by atoms with Crippen LogP contribution >= 0.6 is 0 Å². The highest BCUT2D eigenvalue weighted by Crippen LogP contribution is 2.02. The minimum atomic E-state index is -3.02. The number of aryl methyl sites for hydroxylation is 1. The second-order valence-electron chi connectivity index (χ2n) is 3.75. The van der Waals surface area contributed by atoms with E-state index >= 15 is 0 Å². The van der Waals surface area contributed by atoms with Crippen LogP contribution in [0, 0.1) is 6.92 Å². The number of carbonyl (C=O) groups excluding carboxylic acids is 1. The molecule has 0 bridgehead atoms. The number of amides is 1. The molecule has 0 aromatic heterocycles. The van der Waals surface area contributed by atoms with Gasteiger partial charge in [-0.15, -0.1) is 0 Å². The molecular weight excluding hydrogens is 226 g/mol. The first-order valence-electron chi connectivity index (χ1n) is 4.91. The van der Waals surface area contributed by atoms with Gasteiger partial charge in [0, 0.05) is 18.4 Å². The normalized spacial score (nSPS) is 11.1. The molecule has 16 heavy (non-hydrogen) atoms. The van der Waals surface area contributed by atoms with Crippen LogP contribution < -0.4 is 5.32 Å². The fourth-order valence-electron chi connectivity index (χ4n) is 1.16. The van der Waals surface area contributed by atoms with Gasteiger partial charge in [-0.2, -0.15) is 0 Å². The Balaban J connectivity index is 2.50. The van der Waals surface area contributed by atoms with Crippen molar-refractivity contribution in [3.8, 4) is 0 Å². The average molecular weight is 241 g/mol. The third kappa shape index (κ3) is 4.44. The van der Waals surface area contributed by atoms with Gasteiger partial charge in [0.15, 0.2) is 0 Å². The summed E-state index contributed by atoms with van der Waals surface area (Å²) in [5.41, 5.74) is 1.62. The van der Waals surface area contributed by atoms with Gasteiger partial charge in [-0.25, -0.2) is 8.42 Å². The first-order valence-corrected chi connectivity index (χ1v) is 6.97. The van der Waals surface area contributed by atoms with Gasteiger partial charge >= 0.3 is 0 Å². The van der Waals surface area contributed by atoms with Crippen molar-refractivity contribution in [3.63, 3.8) is 0 Å². The van der Waals surface area contributed by atoms with Crippen LogP contribution in [-0.2, 0) is 9.84 Å². The summed E-state index contributed by atoms with van der Waals surface area (Å²) in [5, 5.41) is 2.56. The van der Waals surface area contributed by atoms with Gasteiger partial charge in [-0.05, 0) is 19.1 Å². The third-order valence-corrected chi connectivity index (χ3v) is 3.02. The summed E-state index contributed by atoms with van der Waals surface area (Å²) in [7, 11) is -3.02. The van der Waals surface area contributed by atoms with Gasteiger partial charge in [-0.1, -0.05) is 17.7 Å². The second-order valence-corrected chi connectivity index (χ2v) is 6.01. The highest BCUT2D eigenvalue weighted by Gasteiger charge is 2.06. The molecule has 0 spiro atoms. The summed E-state index contributed by atoms with van der Waals surface area (Å²) in [6.45, 7) is 2.08. The van der Waals surface area contributed by atoms with Gasteiger partial charge < -0.3 is 5.32 Å². The van der Waals surface area contributed by atoms with E-state index in [0.29, 0.717) is 5.56 Å². The summed E-state index contributed by atoms with van der Waals surface area (Å²) in [4.78, 5) is 11.5. The van der Waals surface area contributed by atoms with E-state index in [1.165, 1.54) is 0 Å². The number of hydrogen-bond donors (Lipinski definition) is 1. The minimum absolute atomic E-state index is 0.0371. The lowest BCUT2D eigenvalue weighted by molar-refractivity contribution is 0.0956. The molecular formula is C11H15NO3S. The van der Waals surface area contributed by atoms with Crippen molar-refractivity contribution in [2.75, 3.05) is 18.6 Å². The Morgan fingerprint density at radius 1 is 1.25 bits per heavy atom. The Morgan fingerprint density at radius 2 is 1.81 bits per heavy atom. The van der Waals surface area contributed by atoms with Crippen molar-refractivity contribution in [2.45, 2.75) is 6.92 Å². The topological polar surface area (TPSA) is 63.2 Å². The number of benzene rings is 1. The molecule has 1 rings (SSSR count). The number of sulfone groups is 1. The quantitative estimate of drug-likeness (QED) is 0.847. The average Bonchev–Trinajstić information content (AvgIpc) is 2.16. The van der Waals surface area contributed by atoms with E-state index in [1.54, 1.807) is 12.1 Å². The smallest absolute Gasteiger partial charge is 0.251 e. The molecule has 0 aliphatic carbocycles. The largest absolute Gasteiger partial charge is 0.351 e. The van der Waals surface area contributed by atoms with Crippen molar-refractivity contribution in [2.24, 2.45) is 0 Å². The van der Waals surface area contributed by atoms with Gasteiger partial charge in [0.05, 0.1) is 5.75 Å². The van der Waals surface area contributed by atoms with Crippen LogP contribution in [0.15, 0.2) is 24.3 Å². The molecule has 1 amide bonds. The Morgan fingerprint density at radius 3 is 2.31 bits per heavy atom. The zero-order valence-corrected chi connectivity index (χ0v) is 10.2. The predicted molar refractivity (Wildman–Crippen MR) is 63.2 cm³/mol. The lowest BCUT2D eigenvalue weighted by atomic mass is 10.1. The first kappa shape index (κ1) is 12.7. The van der Waals surface area contributed by atoms with Crippen molar-refractivity contribution < 1.29 is 13.2 Å². The van der Waals surface area contributed by atoms with Crippen LogP contribution in [0.1, 0.15) is 15.9 Å². The predicted octanol–water partition coefficient (Wildman–Crippen LogP) is 0.769. The molecule has 0 saturated heterocycles. The fourth-order valence-corrected chi connectivity index (χ4v) is 1.63. The molecule has 0 fully saturated rings. The van der Waals surface area contributed by atoms with Crippen LogP contribution in [-0.4, -0.2) is 32.9 Å². The Kier molecular flexibility index (Phi) is 4.06. The Hall–Kier alpha value is -1.36. The molecule has 88 valence electrons. The third-order valence-electron chi connectivity index (χ3n) is 2.07. The van der Waals surface area contributed by atoms with E-state index in [9.17, 15) is 13.2 Å². The number of nitrogens with one attached hydrogen (secondary N) is 1. The van der Waals surface area contributed by atoms with Gasteiger partial charge in [0.25, 0.3) is 5.91 Å². The van der Waals surface area contributed by atoms with Crippen LogP contribution in [0.25, 0.3) is 0 Å². The molecule has 0 aliphatic rings. The number of rotatable bonds is 4. The van der Waals surface area contributed by atoms with E-state index < -0.39 is 9.84 Å². The van der Waals surface area contributed by atoms with Crippen molar-refractivity contribution in [1.29, 1.82) is 0 Å².